The molecule has 7 heteroatoms. The predicted octanol–water partition coefficient (Wildman–Crippen LogP) is 4.56. The standard InChI is InChI=1S/C22H25N3O2S2/c1-14-9-7-8-12-24(14)18(26)13-28-22-23-20-19(15(2)16(3)29-20)21(27)25(22)17-10-5-4-6-11-17/h4-6,10-11,14H,7-9,12-13H2,1-3H3. The molecule has 1 aliphatic heterocycles. The molecule has 0 saturated carbocycles. The Morgan fingerprint density at radius 3 is 2.72 bits per heavy atom. The molecule has 0 aliphatic carbocycles. The molecule has 1 amide bonds. The van der Waals surface area contributed by atoms with Crippen molar-refractivity contribution in [2.24, 2.45) is 0 Å². The van der Waals surface area contributed by atoms with Crippen LogP contribution in [0.3, 0.4) is 0 Å². The molecule has 152 valence electrons. The Labute approximate surface area is 178 Å². The molecule has 1 unspecified atom stereocenters. The number of likely N-dealkylation sites (tertiary alicyclic amines) is 1. The summed E-state index contributed by atoms with van der Waals surface area (Å²) in [6.45, 7) is 6.92. The lowest BCUT2D eigenvalue weighted by Gasteiger charge is -2.33. The van der Waals surface area contributed by atoms with Gasteiger partial charge in [0.25, 0.3) is 5.56 Å². The minimum atomic E-state index is -0.0654. The van der Waals surface area contributed by atoms with Gasteiger partial charge in [0.1, 0.15) is 4.83 Å². The smallest absolute Gasteiger partial charge is 0.267 e. The van der Waals surface area contributed by atoms with E-state index >= 15 is 0 Å². The van der Waals surface area contributed by atoms with Crippen molar-refractivity contribution in [1.82, 2.24) is 14.5 Å². The number of aryl methyl sites for hydroxylation is 2. The summed E-state index contributed by atoms with van der Waals surface area (Å²) in [6.07, 6.45) is 3.30. The van der Waals surface area contributed by atoms with Gasteiger partial charge in [-0.15, -0.1) is 11.3 Å². The molecule has 4 rings (SSSR count). The normalized spacial score (nSPS) is 17.1. The van der Waals surface area contributed by atoms with Gasteiger partial charge in [0, 0.05) is 17.5 Å². The Hall–Kier alpha value is -2.12. The van der Waals surface area contributed by atoms with Crippen LogP contribution in [0.5, 0.6) is 0 Å². The first-order chi connectivity index (χ1) is 14.0. The van der Waals surface area contributed by atoms with E-state index in [-0.39, 0.29) is 17.5 Å². The maximum absolute atomic E-state index is 13.4. The van der Waals surface area contributed by atoms with E-state index in [0.717, 1.165) is 40.3 Å². The first-order valence-electron chi connectivity index (χ1n) is 9.98. The average molecular weight is 428 g/mol. The number of fused-ring (bicyclic) bond motifs is 1. The Morgan fingerprint density at radius 1 is 1.24 bits per heavy atom. The van der Waals surface area contributed by atoms with Crippen LogP contribution in [0.15, 0.2) is 40.3 Å². The number of nitrogens with zero attached hydrogens (tertiary/aromatic N) is 3. The number of benzene rings is 1. The topological polar surface area (TPSA) is 55.2 Å². The van der Waals surface area contributed by atoms with Gasteiger partial charge in [0.05, 0.1) is 16.8 Å². The van der Waals surface area contributed by atoms with Crippen LogP contribution in [0, 0.1) is 13.8 Å². The first-order valence-corrected chi connectivity index (χ1v) is 11.8. The molecule has 1 saturated heterocycles. The second-order valence-corrected chi connectivity index (χ2v) is 9.70. The van der Waals surface area contributed by atoms with Gasteiger partial charge in [-0.25, -0.2) is 4.98 Å². The third kappa shape index (κ3) is 3.85. The van der Waals surface area contributed by atoms with Crippen LogP contribution in [0.4, 0.5) is 0 Å². The summed E-state index contributed by atoms with van der Waals surface area (Å²) >= 11 is 2.90. The van der Waals surface area contributed by atoms with Gasteiger partial charge in [0.2, 0.25) is 5.91 Å². The fourth-order valence-corrected chi connectivity index (χ4v) is 5.82. The Bertz CT molecular complexity index is 1100. The second-order valence-electron chi connectivity index (χ2n) is 7.55. The maximum Gasteiger partial charge on any atom is 0.267 e. The molecule has 0 bridgehead atoms. The van der Waals surface area contributed by atoms with Crippen molar-refractivity contribution < 1.29 is 4.79 Å². The molecule has 0 spiro atoms. The van der Waals surface area contributed by atoms with Crippen molar-refractivity contribution >= 4 is 39.2 Å². The number of thioether (sulfide) groups is 1. The van der Waals surface area contributed by atoms with Gasteiger partial charge in [-0.05, 0) is 57.7 Å². The summed E-state index contributed by atoms with van der Waals surface area (Å²) in [7, 11) is 0. The van der Waals surface area contributed by atoms with Gasteiger partial charge >= 0.3 is 0 Å². The van der Waals surface area contributed by atoms with Crippen LogP contribution in [0.1, 0.15) is 36.6 Å². The summed E-state index contributed by atoms with van der Waals surface area (Å²) in [5.41, 5.74) is 1.70. The van der Waals surface area contributed by atoms with E-state index in [4.69, 9.17) is 4.98 Å². The van der Waals surface area contributed by atoms with E-state index in [0.29, 0.717) is 16.3 Å². The SMILES string of the molecule is Cc1sc2nc(SCC(=O)N3CCCCC3C)n(-c3ccccc3)c(=O)c2c1C. The van der Waals surface area contributed by atoms with E-state index in [1.807, 2.05) is 49.1 Å². The number of thiophene rings is 1. The third-order valence-corrected chi connectivity index (χ3v) is 7.66. The van der Waals surface area contributed by atoms with Gasteiger partial charge < -0.3 is 4.90 Å². The number of hydrogen-bond donors (Lipinski definition) is 0. The minimum absolute atomic E-state index is 0.0654. The zero-order valence-corrected chi connectivity index (χ0v) is 18.6. The zero-order chi connectivity index (χ0) is 20.5. The van der Waals surface area contributed by atoms with Crippen LogP contribution in [-0.2, 0) is 4.79 Å². The summed E-state index contributed by atoms with van der Waals surface area (Å²) in [6, 6.07) is 9.84. The lowest BCUT2D eigenvalue weighted by atomic mass is 10.0. The van der Waals surface area contributed by atoms with E-state index in [2.05, 4.69) is 6.92 Å². The largest absolute Gasteiger partial charge is 0.339 e. The Balaban J connectivity index is 1.73. The molecular weight excluding hydrogens is 402 g/mol. The molecule has 29 heavy (non-hydrogen) atoms. The minimum Gasteiger partial charge on any atom is -0.339 e. The Kier molecular flexibility index (Phi) is 5.79. The molecule has 0 N–H and O–H groups in total. The highest BCUT2D eigenvalue weighted by Crippen LogP contribution is 2.30. The summed E-state index contributed by atoms with van der Waals surface area (Å²) in [5.74, 6) is 0.410. The lowest BCUT2D eigenvalue weighted by molar-refractivity contribution is -0.131. The number of carbonyl (C=O) groups excluding carboxylic acids is 1. The van der Waals surface area contributed by atoms with E-state index in [9.17, 15) is 9.59 Å². The molecule has 3 aromatic rings. The molecule has 1 aliphatic rings. The number of hydrogen-bond acceptors (Lipinski definition) is 5. The molecule has 2 aromatic heterocycles. The predicted molar refractivity (Wildman–Crippen MR) is 120 cm³/mol. The van der Waals surface area contributed by atoms with Crippen molar-refractivity contribution in [3.05, 3.63) is 51.1 Å². The number of amides is 1. The van der Waals surface area contributed by atoms with Gasteiger partial charge in [-0.2, -0.15) is 0 Å². The molecule has 1 aromatic carbocycles. The van der Waals surface area contributed by atoms with Crippen molar-refractivity contribution in [3.8, 4) is 5.69 Å². The van der Waals surface area contributed by atoms with Crippen LogP contribution in [-0.4, -0.2) is 38.7 Å². The number of carbonyl (C=O) groups is 1. The summed E-state index contributed by atoms with van der Waals surface area (Å²) in [4.78, 5) is 34.9. The number of para-hydroxylation sites is 1. The average Bonchev–Trinajstić information content (AvgIpc) is 3.01. The fourth-order valence-electron chi connectivity index (χ4n) is 3.85. The monoisotopic (exact) mass is 427 g/mol. The molecule has 0 radical (unpaired) electrons. The molecule has 3 heterocycles. The van der Waals surface area contributed by atoms with E-state index in [1.165, 1.54) is 18.2 Å². The van der Waals surface area contributed by atoms with Crippen molar-refractivity contribution in [1.29, 1.82) is 0 Å². The molecule has 1 fully saturated rings. The highest BCUT2D eigenvalue weighted by atomic mass is 32.2. The number of aromatic nitrogens is 2. The fraction of sp³-hybridized carbons (Fsp3) is 0.409. The zero-order valence-electron chi connectivity index (χ0n) is 17.0. The highest BCUT2D eigenvalue weighted by Gasteiger charge is 2.24. The van der Waals surface area contributed by atoms with Gasteiger partial charge in [-0.3, -0.25) is 14.2 Å². The van der Waals surface area contributed by atoms with Gasteiger partial charge in [0.15, 0.2) is 5.16 Å². The van der Waals surface area contributed by atoms with E-state index < -0.39 is 0 Å². The molecule has 5 nitrogen and oxygen atoms in total. The first kappa shape index (κ1) is 20.2. The quantitative estimate of drug-likeness (QED) is 0.453. The van der Waals surface area contributed by atoms with Crippen LogP contribution in [0.25, 0.3) is 15.9 Å². The third-order valence-electron chi connectivity index (χ3n) is 5.63. The van der Waals surface area contributed by atoms with E-state index in [1.54, 1.807) is 15.9 Å². The van der Waals surface area contributed by atoms with Gasteiger partial charge in [-0.1, -0.05) is 30.0 Å². The van der Waals surface area contributed by atoms with Crippen LogP contribution in [0.2, 0.25) is 0 Å². The van der Waals surface area contributed by atoms with Crippen LogP contribution >= 0.6 is 23.1 Å². The number of rotatable bonds is 4. The summed E-state index contributed by atoms with van der Waals surface area (Å²) < 4.78 is 1.65. The van der Waals surface area contributed by atoms with Crippen molar-refractivity contribution in [2.75, 3.05) is 12.3 Å². The lowest BCUT2D eigenvalue weighted by Crippen LogP contribution is -2.43. The molecule has 1 atom stereocenters. The van der Waals surface area contributed by atoms with Crippen molar-refractivity contribution in [2.45, 2.75) is 51.2 Å². The second kappa shape index (κ2) is 8.32. The summed E-state index contributed by atoms with van der Waals surface area (Å²) in [5, 5.41) is 1.25. The Morgan fingerprint density at radius 2 is 2.00 bits per heavy atom. The highest BCUT2D eigenvalue weighted by molar-refractivity contribution is 7.99. The molecular formula is C22H25N3O2S2. The van der Waals surface area contributed by atoms with Crippen molar-refractivity contribution in [3.63, 3.8) is 0 Å². The maximum atomic E-state index is 13.4. The number of piperidine rings is 1. The van der Waals surface area contributed by atoms with Crippen LogP contribution < -0.4 is 5.56 Å².